The highest BCUT2D eigenvalue weighted by molar-refractivity contribution is 5.74. The van der Waals surface area contributed by atoms with Crippen LogP contribution in [0, 0.1) is 0 Å². The highest BCUT2D eigenvalue weighted by Gasteiger charge is 2.25. The molecule has 0 fully saturated rings. The van der Waals surface area contributed by atoms with Gasteiger partial charge in [-0.25, -0.2) is 0 Å². The lowest BCUT2D eigenvalue weighted by atomic mass is 9.81. The maximum atomic E-state index is 10.3. The number of phenolic OH excluding ortho intramolecular Hbond substituents is 1. The molecule has 0 saturated heterocycles. The lowest BCUT2D eigenvalue weighted by Crippen LogP contribution is -2.19. The van der Waals surface area contributed by atoms with E-state index < -0.39 is 0 Å². The van der Waals surface area contributed by atoms with E-state index in [1.165, 1.54) is 0 Å². The third-order valence-electron chi connectivity index (χ3n) is 4.11. The third-order valence-corrected chi connectivity index (χ3v) is 4.11. The molecule has 1 N–H and O–H groups in total. The maximum Gasteiger partial charge on any atom is 0.143 e. The second-order valence-corrected chi connectivity index (χ2v) is 5.89. The number of aromatic nitrogens is 3. The van der Waals surface area contributed by atoms with Crippen LogP contribution in [0.4, 0.5) is 0 Å². The zero-order valence-corrected chi connectivity index (χ0v) is 12.5. The van der Waals surface area contributed by atoms with E-state index >= 15 is 0 Å². The molecule has 0 spiro atoms. The van der Waals surface area contributed by atoms with Crippen LogP contribution in [0.1, 0.15) is 32.8 Å². The number of para-hydroxylation sites is 1. The molecule has 0 aliphatic rings. The Morgan fingerprint density at radius 1 is 1.00 bits per heavy atom. The van der Waals surface area contributed by atoms with Gasteiger partial charge in [-0.3, -0.25) is 0 Å². The Hall–Kier alpha value is -2.36. The summed E-state index contributed by atoms with van der Waals surface area (Å²) < 4.78 is 0. The summed E-state index contributed by atoms with van der Waals surface area (Å²) in [7, 11) is 0. The number of aromatic hydroxyl groups is 1. The number of nitrogens with zero attached hydrogens (tertiary/aromatic N) is 3. The van der Waals surface area contributed by atoms with Crippen molar-refractivity contribution in [2.24, 2.45) is 0 Å². The van der Waals surface area contributed by atoms with Crippen molar-refractivity contribution in [3.63, 3.8) is 0 Å². The normalized spacial score (nSPS) is 12.0. The monoisotopic (exact) mass is 281 g/mol. The van der Waals surface area contributed by atoms with Crippen LogP contribution in [0.25, 0.3) is 16.7 Å². The van der Waals surface area contributed by atoms with E-state index in [0.29, 0.717) is 5.69 Å². The number of rotatable bonds is 3. The smallest absolute Gasteiger partial charge is 0.143 e. The lowest BCUT2D eigenvalue weighted by Gasteiger charge is -2.26. The van der Waals surface area contributed by atoms with E-state index in [-0.39, 0.29) is 11.2 Å². The largest absolute Gasteiger partial charge is 0.506 e. The van der Waals surface area contributed by atoms with Crippen molar-refractivity contribution in [3.05, 3.63) is 48.0 Å². The molecular formula is C17H19N3O. The molecule has 4 heteroatoms. The van der Waals surface area contributed by atoms with Crippen molar-refractivity contribution < 1.29 is 5.11 Å². The Morgan fingerprint density at radius 2 is 1.62 bits per heavy atom. The minimum absolute atomic E-state index is 0.0616. The SMILES string of the molecule is CCC(C)(C)c1cccc(O)c1-n1nc2ccccc2n1. The van der Waals surface area contributed by atoms with Gasteiger partial charge < -0.3 is 5.11 Å². The Morgan fingerprint density at radius 3 is 2.19 bits per heavy atom. The molecule has 2 aromatic carbocycles. The van der Waals surface area contributed by atoms with Gasteiger partial charge in [-0.15, -0.1) is 15.0 Å². The molecule has 108 valence electrons. The van der Waals surface area contributed by atoms with Crippen molar-refractivity contribution in [2.45, 2.75) is 32.6 Å². The molecule has 3 aromatic rings. The number of hydrogen-bond acceptors (Lipinski definition) is 3. The van der Waals surface area contributed by atoms with Crippen molar-refractivity contribution in [3.8, 4) is 11.4 Å². The molecule has 0 atom stereocenters. The van der Waals surface area contributed by atoms with E-state index in [1.807, 2.05) is 36.4 Å². The topological polar surface area (TPSA) is 50.9 Å². The highest BCUT2D eigenvalue weighted by Crippen LogP contribution is 2.35. The Balaban J connectivity index is 2.26. The Labute approximate surface area is 124 Å². The number of fused-ring (bicyclic) bond motifs is 1. The van der Waals surface area contributed by atoms with Crippen LogP contribution in [-0.2, 0) is 5.41 Å². The van der Waals surface area contributed by atoms with Crippen LogP contribution in [-0.4, -0.2) is 20.1 Å². The number of hydrogen-bond donors (Lipinski definition) is 1. The van der Waals surface area contributed by atoms with E-state index in [9.17, 15) is 5.11 Å². The average molecular weight is 281 g/mol. The molecule has 0 unspecified atom stereocenters. The first kappa shape index (κ1) is 13.6. The molecule has 3 rings (SSSR count). The quantitative estimate of drug-likeness (QED) is 0.794. The van der Waals surface area contributed by atoms with Crippen LogP contribution < -0.4 is 0 Å². The highest BCUT2D eigenvalue weighted by atomic mass is 16.3. The Kier molecular flexibility index (Phi) is 3.16. The molecule has 0 saturated carbocycles. The molecule has 1 aromatic heterocycles. The first-order valence-corrected chi connectivity index (χ1v) is 7.18. The summed E-state index contributed by atoms with van der Waals surface area (Å²) >= 11 is 0. The first-order chi connectivity index (χ1) is 10.0. The number of phenols is 1. The van der Waals surface area contributed by atoms with Gasteiger partial charge in [0.05, 0.1) is 0 Å². The summed E-state index contributed by atoms with van der Waals surface area (Å²) in [4.78, 5) is 1.55. The van der Waals surface area contributed by atoms with Gasteiger partial charge in [0.1, 0.15) is 22.5 Å². The molecule has 0 aliphatic heterocycles. The zero-order chi connectivity index (χ0) is 15.0. The third kappa shape index (κ3) is 2.27. The second kappa shape index (κ2) is 4.88. The van der Waals surface area contributed by atoms with Gasteiger partial charge >= 0.3 is 0 Å². The molecule has 0 bridgehead atoms. The fourth-order valence-corrected chi connectivity index (χ4v) is 2.44. The minimum Gasteiger partial charge on any atom is -0.506 e. The summed E-state index contributed by atoms with van der Waals surface area (Å²) in [5.74, 6) is 0.203. The van der Waals surface area contributed by atoms with Crippen LogP contribution in [0.2, 0.25) is 0 Å². The van der Waals surface area contributed by atoms with Crippen molar-refractivity contribution in [2.75, 3.05) is 0 Å². The summed E-state index contributed by atoms with van der Waals surface area (Å²) in [6, 6.07) is 13.3. The molecule has 0 amide bonds. The standard InChI is InChI=1S/C17H19N3O/c1-4-17(2,3)12-8-7-11-15(21)16(12)20-18-13-9-5-6-10-14(13)19-20/h5-11,21H,4H2,1-3H3. The fraction of sp³-hybridized carbons (Fsp3) is 0.294. The van der Waals surface area contributed by atoms with Gasteiger partial charge in [0, 0.05) is 0 Å². The van der Waals surface area contributed by atoms with E-state index in [4.69, 9.17) is 0 Å². The molecule has 1 heterocycles. The summed E-state index contributed by atoms with van der Waals surface area (Å²) in [5.41, 5.74) is 3.29. The van der Waals surface area contributed by atoms with Gasteiger partial charge in [0.15, 0.2) is 0 Å². The predicted molar refractivity (Wildman–Crippen MR) is 83.8 cm³/mol. The van der Waals surface area contributed by atoms with Crippen molar-refractivity contribution in [1.29, 1.82) is 0 Å². The van der Waals surface area contributed by atoms with E-state index in [2.05, 4.69) is 31.0 Å². The van der Waals surface area contributed by atoms with E-state index in [0.717, 1.165) is 23.0 Å². The van der Waals surface area contributed by atoms with Gasteiger partial charge in [-0.05, 0) is 35.6 Å². The van der Waals surface area contributed by atoms with Crippen LogP contribution in [0.5, 0.6) is 5.75 Å². The zero-order valence-electron chi connectivity index (χ0n) is 12.5. The summed E-state index contributed by atoms with van der Waals surface area (Å²) in [6.07, 6.45) is 0.963. The van der Waals surface area contributed by atoms with E-state index in [1.54, 1.807) is 10.9 Å². The van der Waals surface area contributed by atoms with Gasteiger partial charge in [-0.1, -0.05) is 45.0 Å². The first-order valence-electron chi connectivity index (χ1n) is 7.18. The molecule has 21 heavy (non-hydrogen) atoms. The maximum absolute atomic E-state index is 10.3. The van der Waals surface area contributed by atoms with Crippen molar-refractivity contribution >= 4 is 11.0 Å². The van der Waals surface area contributed by atoms with Gasteiger partial charge in [0.2, 0.25) is 0 Å². The van der Waals surface area contributed by atoms with Crippen LogP contribution in [0.15, 0.2) is 42.5 Å². The molecule has 4 nitrogen and oxygen atoms in total. The van der Waals surface area contributed by atoms with Crippen LogP contribution >= 0.6 is 0 Å². The summed E-state index contributed by atoms with van der Waals surface area (Å²) in [5, 5.41) is 19.3. The molecular weight excluding hydrogens is 262 g/mol. The minimum atomic E-state index is -0.0616. The fourth-order valence-electron chi connectivity index (χ4n) is 2.44. The Bertz CT molecular complexity index is 757. The number of benzene rings is 2. The van der Waals surface area contributed by atoms with Crippen LogP contribution in [0.3, 0.4) is 0 Å². The molecule has 0 radical (unpaired) electrons. The van der Waals surface area contributed by atoms with Gasteiger partial charge in [-0.2, -0.15) is 0 Å². The average Bonchev–Trinajstić information content (AvgIpc) is 2.90. The van der Waals surface area contributed by atoms with Gasteiger partial charge in [0.25, 0.3) is 0 Å². The second-order valence-electron chi connectivity index (χ2n) is 5.89. The lowest BCUT2D eigenvalue weighted by molar-refractivity contribution is 0.454. The summed E-state index contributed by atoms with van der Waals surface area (Å²) in [6.45, 7) is 6.46. The predicted octanol–water partition coefficient (Wildman–Crippen LogP) is 3.81. The van der Waals surface area contributed by atoms with Crippen molar-refractivity contribution in [1.82, 2.24) is 15.0 Å². The molecule has 0 aliphatic carbocycles.